The van der Waals surface area contributed by atoms with Gasteiger partial charge >= 0.3 is 39.5 Å². The highest BCUT2D eigenvalue weighted by atomic mass is 31.2. The van der Waals surface area contributed by atoms with Gasteiger partial charge in [0, 0.05) is 25.7 Å². The smallest absolute Gasteiger partial charge is 0.462 e. The normalized spacial score (nSPS) is 14.1. The van der Waals surface area contributed by atoms with Gasteiger partial charge in [-0.15, -0.1) is 0 Å². The molecule has 17 nitrogen and oxygen atoms in total. The van der Waals surface area contributed by atoms with E-state index in [4.69, 9.17) is 37.0 Å². The molecule has 0 aliphatic carbocycles. The van der Waals surface area contributed by atoms with Gasteiger partial charge in [0.25, 0.3) is 0 Å². The molecule has 5 atom stereocenters. The lowest BCUT2D eigenvalue weighted by Crippen LogP contribution is -2.30. The number of hydrogen-bond donors (Lipinski definition) is 3. The Morgan fingerprint density at radius 2 is 0.511 bits per heavy atom. The van der Waals surface area contributed by atoms with E-state index in [0.29, 0.717) is 25.7 Å². The monoisotopic (exact) mass is 1320 g/mol. The predicted octanol–water partition coefficient (Wildman–Crippen LogP) is 20.5. The topological polar surface area (TPSA) is 237 Å². The minimum atomic E-state index is -4.95. The summed E-state index contributed by atoms with van der Waals surface area (Å²) in [5, 5.41) is 10.5. The first kappa shape index (κ1) is 88.1. The van der Waals surface area contributed by atoms with Gasteiger partial charge in [0.1, 0.15) is 19.3 Å². The van der Waals surface area contributed by atoms with Crippen molar-refractivity contribution in [3.63, 3.8) is 0 Å². The van der Waals surface area contributed by atoms with Crippen LogP contribution < -0.4 is 0 Å². The summed E-state index contributed by atoms with van der Waals surface area (Å²) in [7, 11) is -9.88. The van der Waals surface area contributed by atoms with Crippen molar-refractivity contribution >= 4 is 39.5 Å². The van der Waals surface area contributed by atoms with Crippen molar-refractivity contribution in [1.82, 2.24) is 0 Å². The Labute approximate surface area is 549 Å². The summed E-state index contributed by atoms with van der Waals surface area (Å²) in [5.74, 6) is -1.33. The molecule has 0 saturated heterocycles. The van der Waals surface area contributed by atoms with Crippen LogP contribution in [0.25, 0.3) is 0 Å². The summed E-state index contributed by atoms with van der Waals surface area (Å²) < 4.78 is 67.9. The molecule has 0 bridgehead atoms. The van der Waals surface area contributed by atoms with Crippen molar-refractivity contribution < 1.29 is 80.2 Å². The Kier molecular flexibility index (Phi) is 63.0. The molecule has 0 aliphatic heterocycles. The zero-order valence-electron chi connectivity index (χ0n) is 58.3. The second-order valence-corrected chi connectivity index (χ2v) is 29.0. The minimum Gasteiger partial charge on any atom is -0.462 e. The number of carbonyl (C=O) groups excluding carboxylic acids is 4. The highest BCUT2D eigenvalue weighted by molar-refractivity contribution is 7.47. The molecule has 2 unspecified atom stereocenters. The number of aliphatic hydroxyl groups is 1. The molecule has 19 heteroatoms. The van der Waals surface area contributed by atoms with Gasteiger partial charge in [0.15, 0.2) is 12.2 Å². The summed E-state index contributed by atoms with van der Waals surface area (Å²) in [6.45, 7) is 7.14. The number of ether oxygens (including phenoxy) is 4. The fraction of sp³-hybridized carbons (Fsp3) is 0.944. The van der Waals surface area contributed by atoms with Gasteiger partial charge in [-0.25, -0.2) is 9.13 Å². The zero-order chi connectivity index (χ0) is 66.3. The lowest BCUT2D eigenvalue weighted by Gasteiger charge is -2.21. The van der Waals surface area contributed by atoms with E-state index in [9.17, 15) is 43.2 Å². The van der Waals surface area contributed by atoms with Crippen LogP contribution in [0.5, 0.6) is 0 Å². The standard InChI is InChI=1S/C71H138O17P2/c1-6-9-12-15-17-18-19-20-21-22-23-24-25-28-32-35-38-42-47-52-57-71(76)88-67(61-82-69(74)55-50-45-41-37-34-31-29-26-27-30-33-36-40-44-48-53-64(4)5)63-86-90(79,80)84-59-65(72)58-83-89(77,78)85-62-66(60-81-68(73)54-49-43-14-11-8-3)87-70(75)56-51-46-39-16-13-10-7-2/h64-67,72H,6-63H2,1-5H3,(H,77,78)(H,79,80)/t65-,66+,67+/m0/s1. The fourth-order valence-corrected chi connectivity index (χ4v) is 12.4. The maximum atomic E-state index is 13.0. The second kappa shape index (κ2) is 64.4. The van der Waals surface area contributed by atoms with Crippen LogP contribution in [-0.4, -0.2) is 96.7 Å². The summed E-state index contributed by atoms with van der Waals surface area (Å²) in [6.07, 6.45) is 52.1. The molecule has 534 valence electrons. The number of aliphatic hydroxyl groups excluding tert-OH is 1. The van der Waals surface area contributed by atoms with Crippen molar-refractivity contribution in [3.05, 3.63) is 0 Å². The van der Waals surface area contributed by atoms with Crippen LogP contribution in [0.4, 0.5) is 0 Å². The van der Waals surface area contributed by atoms with E-state index in [2.05, 4.69) is 34.6 Å². The van der Waals surface area contributed by atoms with Gasteiger partial charge in [-0.05, 0) is 31.6 Å². The van der Waals surface area contributed by atoms with E-state index in [1.807, 2.05) is 0 Å². The van der Waals surface area contributed by atoms with Gasteiger partial charge in [0.05, 0.1) is 26.4 Å². The molecule has 0 radical (unpaired) electrons. The van der Waals surface area contributed by atoms with Crippen molar-refractivity contribution in [2.75, 3.05) is 39.6 Å². The van der Waals surface area contributed by atoms with Gasteiger partial charge in [0.2, 0.25) is 0 Å². The molecule has 90 heavy (non-hydrogen) atoms. The number of phosphoric acid groups is 2. The summed E-state index contributed by atoms with van der Waals surface area (Å²) in [4.78, 5) is 72.1. The third-order valence-electron chi connectivity index (χ3n) is 16.5. The molecule has 0 amide bonds. The number of phosphoric ester groups is 2. The van der Waals surface area contributed by atoms with E-state index >= 15 is 0 Å². The maximum Gasteiger partial charge on any atom is 0.472 e. The van der Waals surface area contributed by atoms with Crippen LogP contribution in [0.1, 0.15) is 369 Å². The molecular weight excluding hydrogens is 1190 g/mol. The summed E-state index contributed by atoms with van der Waals surface area (Å²) >= 11 is 0. The fourth-order valence-electron chi connectivity index (χ4n) is 10.8. The van der Waals surface area contributed by atoms with E-state index in [0.717, 1.165) is 115 Å². The van der Waals surface area contributed by atoms with Crippen LogP contribution in [0, 0.1) is 5.92 Å². The molecule has 0 aliphatic rings. The molecule has 0 aromatic heterocycles. The molecule has 0 spiro atoms. The molecule has 0 fully saturated rings. The van der Waals surface area contributed by atoms with Gasteiger partial charge in [-0.1, -0.05) is 317 Å². The quantitative estimate of drug-likeness (QED) is 0.0222. The first-order valence-electron chi connectivity index (χ1n) is 37.1. The van der Waals surface area contributed by atoms with Crippen LogP contribution >= 0.6 is 15.6 Å². The number of esters is 4. The first-order valence-corrected chi connectivity index (χ1v) is 40.1. The Morgan fingerprint density at radius 3 is 0.756 bits per heavy atom. The van der Waals surface area contributed by atoms with Crippen LogP contribution in [0.3, 0.4) is 0 Å². The van der Waals surface area contributed by atoms with Crippen molar-refractivity contribution in [2.24, 2.45) is 5.92 Å². The third kappa shape index (κ3) is 64.8. The average molecular weight is 1330 g/mol. The van der Waals surface area contributed by atoms with E-state index in [1.165, 1.54) is 173 Å². The molecule has 0 aromatic rings. The van der Waals surface area contributed by atoms with Crippen molar-refractivity contribution in [2.45, 2.75) is 387 Å². The first-order chi connectivity index (χ1) is 43.5. The summed E-state index contributed by atoms with van der Waals surface area (Å²) in [5.41, 5.74) is 0. The van der Waals surface area contributed by atoms with E-state index < -0.39 is 97.5 Å². The minimum absolute atomic E-state index is 0.103. The predicted molar refractivity (Wildman–Crippen MR) is 363 cm³/mol. The molecule has 3 N–H and O–H groups in total. The van der Waals surface area contributed by atoms with Crippen LogP contribution in [0.2, 0.25) is 0 Å². The Morgan fingerprint density at radius 1 is 0.300 bits per heavy atom. The summed E-state index contributed by atoms with van der Waals surface area (Å²) in [6, 6.07) is 0. The lowest BCUT2D eigenvalue weighted by molar-refractivity contribution is -0.161. The molecular formula is C71H138O17P2. The number of hydrogen-bond acceptors (Lipinski definition) is 15. The molecule has 0 rings (SSSR count). The number of rotatable bonds is 71. The Hall–Kier alpha value is -1.94. The average Bonchev–Trinajstić information content (AvgIpc) is 3.60. The molecule has 0 aromatic carbocycles. The van der Waals surface area contributed by atoms with Crippen molar-refractivity contribution in [3.8, 4) is 0 Å². The Balaban J connectivity index is 5.08. The van der Waals surface area contributed by atoms with Gasteiger partial charge in [-0.2, -0.15) is 0 Å². The number of unbranched alkanes of at least 4 members (excludes halogenated alkanes) is 43. The lowest BCUT2D eigenvalue weighted by atomic mass is 10.0. The molecule has 0 saturated carbocycles. The van der Waals surface area contributed by atoms with E-state index in [-0.39, 0.29) is 25.7 Å². The SMILES string of the molecule is CCCCCCCCCCCCCCCCCCCCCCC(=O)O[C@H](COC(=O)CCCCCCCCCCCCCCCCCC(C)C)COP(=O)(O)OC[C@@H](O)COP(=O)(O)OC[C@@H](COC(=O)CCCCCCC)OC(=O)CCCCCCCCC. The van der Waals surface area contributed by atoms with Crippen molar-refractivity contribution in [1.29, 1.82) is 0 Å². The largest absolute Gasteiger partial charge is 0.472 e. The van der Waals surface area contributed by atoms with E-state index in [1.54, 1.807) is 0 Å². The third-order valence-corrected chi connectivity index (χ3v) is 18.4. The highest BCUT2D eigenvalue weighted by Crippen LogP contribution is 2.45. The second-order valence-electron chi connectivity index (χ2n) is 26.1. The van der Waals surface area contributed by atoms with Gasteiger partial charge in [-0.3, -0.25) is 37.3 Å². The molecule has 0 heterocycles. The maximum absolute atomic E-state index is 13.0. The van der Waals surface area contributed by atoms with Gasteiger partial charge < -0.3 is 33.8 Å². The van der Waals surface area contributed by atoms with Crippen LogP contribution in [0.15, 0.2) is 0 Å². The zero-order valence-corrected chi connectivity index (χ0v) is 60.1. The number of carbonyl (C=O) groups is 4. The van der Waals surface area contributed by atoms with Crippen LogP contribution in [-0.2, 0) is 65.4 Å². The highest BCUT2D eigenvalue weighted by Gasteiger charge is 2.30. The Bertz CT molecular complexity index is 1740.